The van der Waals surface area contributed by atoms with Gasteiger partial charge >= 0.3 is 5.97 Å². The molecule has 4 rings (SSSR count). The number of esters is 1. The first-order valence-electron chi connectivity index (χ1n) is 14.2. The summed E-state index contributed by atoms with van der Waals surface area (Å²) in [6, 6.07) is 0. The highest BCUT2D eigenvalue weighted by Crippen LogP contribution is 2.64. The molecule has 0 radical (unpaired) electrons. The topological polar surface area (TPSA) is 29.5 Å². The van der Waals surface area contributed by atoms with E-state index in [2.05, 4.69) is 67.3 Å². The molecule has 190 valence electrons. The van der Waals surface area contributed by atoms with Crippen LogP contribution in [-0.2, 0) is 9.53 Å². The number of nitrogens with zero attached hydrogens (tertiary/aromatic N) is 1. The fourth-order valence-electron chi connectivity index (χ4n) is 9.37. The first-order valence-corrected chi connectivity index (χ1v) is 14.2. The van der Waals surface area contributed by atoms with Crippen LogP contribution in [0.4, 0.5) is 0 Å². The first kappa shape index (κ1) is 25.5. The first-order chi connectivity index (χ1) is 15.2. The van der Waals surface area contributed by atoms with Crippen LogP contribution in [-0.4, -0.2) is 35.1 Å². The van der Waals surface area contributed by atoms with Gasteiger partial charge in [0.25, 0.3) is 0 Å². The van der Waals surface area contributed by atoms with E-state index in [0.29, 0.717) is 11.3 Å². The smallest absolute Gasteiger partial charge is 0.312 e. The molecule has 4 aliphatic rings. The molecule has 1 heterocycles. The lowest BCUT2D eigenvalue weighted by atomic mass is 9.43. The van der Waals surface area contributed by atoms with E-state index in [0.717, 1.165) is 42.9 Å². The summed E-state index contributed by atoms with van der Waals surface area (Å²) in [7, 11) is 2.22. The molecule has 0 amide bonds. The van der Waals surface area contributed by atoms with Gasteiger partial charge in [-0.3, -0.25) is 9.69 Å². The second-order valence-corrected chi connectivity index (χ2v) is 14.7. The van der Waals surface area contributed by atoms with Gasteiger partial charge in [0.2, 0.25) is 0 Å². The van der Waals surface area contributed by atoms with Crippen LogP contribution < -0.4 is 0 Å². The Balaban J connectivity index is 1.51. The summed E-state index contributed by atoms with van der Waals surface area (Å²) in [5, 5.41) is 0. The normalized spacial score (nSPS) is 43.6. The fraction of sp³-hybridized carbons (Fsp3) is 0.967. The highest BCUT2D eigenvalue weighted by atomic mass is 16.5. The zero-order valence-corrected chi connectivity index (χ0v) is 23.3. The van der Waals surface area contributed by atoms with E-state index in [1.807, 2.05) is 0 Å². The van der Waals surface area contributed by atoms with E-state index in [-0.39, 0.29) is 28.6 Å². The number of carbonyl (C=O) groups excluding carboxylic acids is 1. The van der Waals surface area contributed by atoms with Crippen molar-refractivity contribution in [3.05, 3.63) is 0 Å². The SMILES string of the molecule is CC(C)C1CC[C@H]2C(CCC3[C@](C)(C(=O)OC4CC(C)(C)N(C)C(C)(C)C4)CCC[C@@]32C)C1. The molecule has 3 saturated carbocycles. The van der Waals surface area contributed by atoms with Crippen LogP contribution in [0.25, 0.3) is 0 Å². The van der Waals surface area contributed by atoms with Gasteiger partial charge in [0.05, 0.1) is 5.41 Å². The van der Waals surface area contributed by atoms with Crippen molar-refractivity contribution < 1.29 is 9.53 Å². The molecule has 4 fully saturated rings. The minimum Gasteiger partial charge on any atom is -0.462 e. The van der Waals surface area contributed by atoms with Gasteiger partial charge in [-0.05, 0) is 122 Å². The molecule has 1 aliphatic heterocycles. The maximum Gasteiger partial charge on any atom is 0.312 e. The molecule has 0 N–H and O–H groups in total. The zero-order chi connectivity index (χ0) is 24.4. The van der Waals surface area contributed by atoms with E-state index in [1.54, 1.807) is 0 Å². The number of rotatable bonds is 3. The summed E-state index contributed by atoms with van der Waals surface area (Å²) in [6.07, 6.45) is 12.1. The fourth-order valence-corrected chi connectivity index (χ4v) is 9.37. The minimum absolute atomic E-state index is 0.0292. The van der Waals surface area contributed by atoms with Crippen molar-refractivity contribution in [3.63, 3.8) is 0 Å². The molecular weight excluding hydrogens is 406 g/mol. The van der Waals surface area contributed by atoms with Gasteiger partial charge in [0.15, 0.2) is 0 Å². The Bertz CT molecular complexity index is 724. The Labute approximate surface area is 204 Å². The Morgan fingerprint density at radius 3 is 2.15 bits per heavy atom. The summed E-state index contributed by atoms with van der Waals surface area (Å²) in [4.78, 5) is 16.4. The summed E-state index contributed by atoms with van der Waals surface area (Å²) in [5.41, 5.74) is 0.0797. The second kappa shape index (κ2) is 8.52. The van der Waals surface area contributed by atoms with Gasteiger partial charge < -0.3 is 4.74 Å². The molecule has 0 aromatic rings. The van der Waals surface area contributed by atoms with E-state index in [9.17, 15) is 4.79 Å². The van der Waals surface area contributed by atoms with Gasteiger partial charge in [-0.15, -0.1) is 0 Å². The van der Waals surface area contributed by atoms with Gasteiger partial charge in [0, 0.05) is 23.9 Å². The number of ether oxygens (including phenoxy) is 1. The van der Waals surface area contributed by atoms with Crippen molar-refractivity contribution >= 4 is 5.97 Å². The average Bonchev–Trinajstić information content (AvgIpc) is 2.71. The number of carbonyl (C=O) groups is 1. The standard InChI is InChI=1S/C30H53NO2/c1-20(2)21-11-13-24-22(17-21)12-14-25-29(24,7)15-10-16-30(25,8)26(32)33-23-18-27(3,4)31(9)28(5,6)19-23/h20-25H,10-19H2,1-9H3/t21?,22?,24-,25?,29+,30+/m0/s1. The van der Waals surface area contributed by atoms with Crippen molar-refractivity contribution in [1.82, 2.24) is 4.90 Å². The van der Waals surface area contributed by atoms with Crippen LogP contribution in [0.15, 0.2) is 0 Å². The zero-order valence-electron chi connectivity index (χ0n) is 23.3. The van der Waals surface area contributed by atoms with Gasteiger partial charge in [-0.1, -0.05) is 27.2 Å². The van der Waals surface area contributed by atoms with E-state index >= 15 is 0 Å². The number of fused-ring (bicyclic) bond motifs is 3. The van der Waals surface area contributed by atoms with Crippen molar-refractivity contribution in [2.45, 2.75) is 137 Å². The summed E-state index contributed by atoms with van der Waals surface area (Å²) in [5.74, 6) is 4.00. The molecule has 3 heteroatoms. The molecule has 0 aromatic heterocycles. The molecular formula is C30H53NO2. The quantitative estimate of drug-likeness (QED) is 0.410. The van der Waals surface area contributed by atoms with Crippen LogP contribution >= 0.6 is 0 Å². The highest BCUT2D eigenvalue weighted by Gasteiger charge is 2.60. The van der Waals surface area contributed by atoms with Gasteiger partial charge in [-0.25, -0.2) is 0 Å². The summed E-state index contributed by atoms with van der Waals surface area (Å²) >= 11 is 0. The summed E-state index contributed by atoms with van der Waals surface area (Å²) < 4.78 is 6.47. The third-order valence-electron chi connectivity index (χ3n) is 11.6. The Kier molecular flexibility index (Phi) is 6.59. The molecule has 3 aliphatic carbocycles. The second-order valence-electron chi connectivity index (χ2n) is 14.7. The molecule has 6 atom stereocenters. The van der Waals surface area contributed by atoms with Crippen LogP contribution in [0.5, 0.6) is 0 Å². The lowest BCUT2D eigenvalue weighted by Crippen LogP contribution is -2.61. The maximum atomic E-state index is 14.0. The maximum absolute atomic E-state index is 14.0. The number of piperidine rings is 1. The Hall–Kier alpha value is -0.570. The lowest BCUT2D eigenvalue weighted by molar-refractivity contribution is -0.190. The van der Waals surface area contributed by atoms with E-state index in [4.69, 9.17) is 4.74 Å². The third kappa shape index (κ3) is 4.31. The van der Waals surface area contributed by atoms with Crippen LogP contribution in [0.3, 0.4) is 0 Å². The molecule has 0 bridgehead atoms. The number of hydrogen-bond donors (Lipinski definition) is 0. The molecule has 1 saturated heterocycles. The third-order valence-corrected chi connectivity index (χ3v) is 11.6. The minimum atomic E-state index is -0.315. The van der Waals surface area contributed by atoms with Gasteiger partial charge in [0.1, 0.15) is 6.10 Å². The van der Waals surface area contributed by atoms with Crippen molar-refractivity contribution in [2.75, 3.05) is 7.05 Å². The lowest BCUT2D eigenvalue weighted by Gasteiger charge is -2.61. The van der Waals surface area contributed by atoms with Crippen molar-refractivity contribution in [2.24, 2.45) is 40.4 Å². The largest absolute Gasteiger partial charge is 0.462 e. The van der Waals surface area contributed by atoms with E-state index < -0.39 is 0 Å². The Morgan fingerprint density at radius 1 is 0.909 bits per heavy atom. The van der Waals surface area contributed by atoms with Crippen molar-refractivity contribution in [3.8, 4) is 0 Å². The van der Waals surface area contributed by atoms with Gasteiger partial charge in [-0.2, -0.15) is 0 Å². The predicted octanol–water partition coefficient (Wildman–Crippen LogP) is 7.48. The monoisotopic (exact) mass is 459 g/mol. The molecule has 33 heavy (non-hydrogen) atoms. The van der Waals surface area contributed by atoms with Crippen LogP contribution in [0, 0.1) is 40.4 Å². The molecule has 0 aromatic carbocycles. The van der Waals surface area contributed by atoms with Crippen LogP contribution in [0.2, 0.25) is 0 Å². The average molecular weight is 460 g/mol. The van der Waals surface area contributed by atoms with Crippen LogP contribution in [0.1, 0.15) is 120 Å². The molecule has 0 spiro atoms. The van der Waals surface area contributed by atoms with E-state index in [1.165, 1.54) is 44.9 Å². The highest BCUT2D eigenvalue weighted by molar-refractivity contribution is 5.77. The van der Waals surface area contributed by atoms with Crippen molar-refractivity contribution in [1.29, 1.82) is 0 Å². The predicted molar refractivity (Wildman–Crippen MR) is 137 cm³/mol. The summed E-state index contributed by atoms with van der Waals surface area (Å²) in [6.45, 7) is 18.9. The molecule has 3 nitrogen and oxygen atoms in total. The number of hydrogen-bond acceptors (Lipinski definition) is 3. The molecule has 3 unspecified atom stereocenters. The number of likely N-dealkylation sites (tertiary alicyclic amines) is 1. The Morgan fingerprint density at radius 2 is 1.55 bits per heavy atom.